The zero-order chi connectivity index (χ0) is 53.5. The van der Waals surface area contributed by atoms with Crippen LogP contribution in [0.5, 0.6) is 0 Å². The molecule has 0 bridgehead atoms. The van der Waals surface area contributed by atoms with Gasteiger partial charge in [0, 0.05) is 54.0 Å². The van der Waals surface area contributed by atoms with Gasteiger partial charge in [-0.2, -0.15) is 0 Å². The lowest BCUT2D eigenvalue weighted by atomic mass is 9.63. The van der Waals surface area contributed by atoms with Crippen LogP contribution in [0.25, 0.3) is 0 Å². The maximum Gasteiger partial charge on any atom is 0.314 e. The lowest BCUT2D eigenvalue weighted by Crippen LogP contribution is -2.68. The number of rotatable bonds is 19. The van der Waals surface area contributed by atoms with Crippen LogP contribution in [0, 0.1) is 10.8 Å². The van der Waals surface area contributed by atoms with E-state index in [0.29, 0.717) is 6.42 Å². The highest BCUT2D eigenvalue weighted by Gasteiger charge is 2.60. The highest BCUT2D eigenvalue weighted by molar-refractivity contribution is 5.78. The Morgan fingerprint density at radius 3 is 1.29 bits per heavy atom. The molecule has 3 heterocycles. The molecule has 400 valence electrons. The van der Waals surface area contributed by atoms with E-state index in [1.54, 1.807) is 41.5 Å². The van der Waals surface area contributed by atoms with E-state index in [1.165, 1.54) is 0 Å². The largest absolute Gasteiger partial charge is 0.456 e. The zero-order valence-corrected chi connectivity index (χ0v) is 43.8. The van der Waals surface area contributed by atoms with Gasteiger partial charge in [0.1, 0.15) is 24.4 Å². The molecule has 3 fully saturated rings. The van der Waals surface area contributed by atoms with Crippen molar-refractivity contribution in [2.75, 3.05) is 19.8 Å². The molecule has 0 aliphatic carbocycles. The summed E-state index contributed by atoms with van der Waals surface area (Å²) in [5, 5.41) is 0. The molecule has 0 aromatic carbocycles. The number of nitrogens with two attached hydrogens (primary N) is 1. The van der Waals surface area contributed by atoms with E-state index >= 15 is 0 Å². The van der Waals surface area contributed by atoms with Crippen molar-refractivity contribution < 1.29 is 99.9 Å². The molecule has 3 aliphatic rings. The van der Waals surface area contributed by atoms with Crippen LogP contribution in [-0.2, 0) is 99.9 Å². The van der Waals surface area contributed by atoms with Crippen molar-refractivity contribution >= 4 is 47.8 Å². The van der Waals surface area contributed by atoms with Crippen molar-refractivity contribution in [2.24, 2.45) is 16.6 Å². The van der Waals surface area contributed by atoms with Crippen LogP contribution in [0.1, 0.15) is 137 Å². The minimum atomic E-state index is -1.58. The maximum atomic E-state index is 14.2. The molecule has 2 N–H and O–H groups in total. The molecule has 14 unspecified atom stereocenters. The molecule has 0 aromatic heterocycles. The summed E-state index contributed by atoms with van der Waals surface area (Å²) in [6.45, 7) is 24.4. The van der Waals surface area contributed by atoms with Crippen LogP contribution in [0.4, 0.5) is 0 Å². The van der Waals surface area contributed by atoms with Crippen LogP contribution in [0.3, 0.4) is 0 Å². The van der Waals surface area contributed by atoms with E-state index in [9.17, 15) is 38.4 Å². The number of ether oxygens (including phenoxy) is 13. The monoisotopic (exact) mass is 1000 g/mol. The second-order valence-corrected chi connectivity index (χ2v) is 20.9. The summed E-state index contributed by atoms with van der Waals surface area (Å²) in [7, 11) is 0. The minimum absolute atomic E-state index is 0.194. The minimum Gasteiger partial charge on any atom is -0.456 e. The molecule has 22 heteroatoms. The van der Waals surface area contributed by atoms with Crippen molar-refractivity contribution in [1.82, 2.24) is 0 Å². The first-order valence-electron chi connectivity index (χ1n) is 23.5. The predicted octanol–water partition coefficient (Wildman–Crippen LogP) is 3.49. The Morgan fingerprint density at radius 1 is 0.471 bits per heavy atom. The Morgan fingerprint density at radius 2 is 0.843 bits per heavy atom. The molecule has 0 saturated carbocycles. The van der Waals surface area contributed by atoms with E-state index in [1.807, 2.05) is 27.7 Å². The Bertz CT molecular complexity index is 1890. The Labute approximate surface area is 410 Å². The van der Waals surface area contributed by atoms with Crippen molar-refractivity contribution in [1.29, 1.82) is 0 Å². The molecule has 22 nitrogen and oxygen atoms in total. The highest BCUT2D eigenvalue weighted by atomic mass is 16.7. The van der Waals surface area contributed by atoms with Gasteiger partial charge in [0.25, 0.3) is 0 Å². The third kappa shape index (κ3) is 15.8. The molecule has 3 rings (SSSR count). The predicted molar refractivity (Wildman–Crippen MR) is 242 cm³/mol. The van der Waals surface area contributed by atoms with Gasteiger partial charge >= 0.3 is 47.8 Å². The molecule has 70 heavy (non-hydrogen) atoms. The van der Waals surface area contributed by atoms with Gasteiger partial charge in [-0.05, 0) is 59.8 Å². The molecule has 0 spiro atoms. The summed E-state index contributed by atoms with van der Waals surface area (Å²) in [5.74, 6) is -6.19. The third-order valence-corrected chi connectivity index (χ3v) is 12.4. The van der Waals surface area contributed by atoms with Gasteiger partial charge in [-0.3, -0.25) is 38.4 Å². The summed E-state index contributed by atoms with van der Waals surface area (Å²) in [6, 6.07) is 0. The second-order valence-electron chi connectivity index (χ2n) is 20.9. The topological polar surface area (TPSA) is 283 Å². The molecule has 14 atom stereocenters. The van der Waals surface area contributed by atoms with Crippen molar-refractivity contribution in [3.8, 4) is 0 Å². The molecule has 0 radical (unpaired) electrons. The molecule has 0 aromatic rings. The number of carbonyl (C=O) groups is 8. The summed E-state index contributed by atoms with van der Waals surface area (Å²) in [6.07, 6.45) is -15.6. The SMILES string of the molecule is CCCC(C)(OC1COC(C(C)(C)OC2COC(OC(=O)C(C)(CC(C)(C)N)C(C)(C)C)C(OC(C)=O)C2OC(C)=O)C(OC(C)=O)C1OC(C)=O)C1OCC(OC(C)=O)C(OC(C)=O)C1OC(C)=O. The second kappa shape index (κ2) is 23.8. The average molecular weight is 1000 g/mol. The summed E-state index contributed by atoms with van der Waals surface area (Å²) >= 11 is 0. The van der Waals surface area contributed by atoms with Gasteiger partial charge in [-0.15, -0.1) is 0 Å². The average Bonchev–Trinajstić information content (AvgIpc) is 3.17. The van der Waals surface area contributed by atoms with Crippen LogP contribution in [-0.4, -0.2) is 158 Å². The molecule has 3 saturated heterocycles. The van der Waals surface area contributed by atoms with E-state index < -0.39 is 155 Å². The van der Waals surface area contributed by atoms with Crippen molar-refractivity contribution in [2.45, 2.75) is 227 Å². The first kappa shape index (κ1) is 59.8. The summed E-state index contributed by atoms with van der Waals surface area (Å²) in [5.41, 5.74) is 0.665. The first-order chi connectivity index (χ1) is 32.0. The molecule has 3 aliphatic heterocycles. The molecular weight excluding hydrogens is 927 g/mol. The number of hydrogen-bond acceptors (Lipinski definition) is 22. The Hall–Kier alpha value is -4.48. The van der Waals surface area contributed by atoms with E-state index in [-0.39, 0.29) is 26.1 Å². The third-order valence-electron chi connectivity index (χ3n) is 12.4. The normalized spacial score (nSPS) is 30.2. The van der Waals surface area contributed by atoms with Crippen molar-refractivity contribution in [3.63, 3.8) is 0 Å². The van der Waals surface area contributed by atoms with Gasteiger partial charge in [0.15, 0.2) is 36.6 Å². The first-order valence-corrected chi connectivity index (χ1v) is 23.5. The lowest BCUT2D eigenvalue weighted by molar-refractivity contribution is -0.319. The maximum absolute atomic E-state index is 14.2. The zero-order valence-electron chi connectivity index (χ0n) is 43.8. The molecular formula is C48H77NO21. The standard InChI is InChI=1S/C48H77NO21/c1-18-19-48(17,41-38(66-29(7)55)34(62-25(3)51)31(20-59-41)61-24(2)50)70-33-21-58-40(37(65-28(6)54)35(33)63-26(4)52)46(14,15)69-32-22-60-42(39(67-30(8)56)36(32)64-27(5)53)68-43(57)47(16,44(9,10)11)23-45(12,13)49/h31-42H,18-23,49H2,1-17H3. The van der Waals surface area contributed by atoms with Crippen LogP contribution < -0.4 is 5.73 Å². The summed E-state index contributed by atoms with van der Waals surface area (Å²) in [4.78, 5) is 103. The van der Waals surface area contributed by atoms with E-state index in [4.69, 9.17) is 67.3 Å². The van der Waals surface area contributed by atoms with Gasteiger partial charge < -0.3 is 67.3 Å². The van der Waals surface area contributed by atoms with Crippen LogP contribution in [0.15, 0.2) is 0 Å². The Kier molecular flexibility index (Phi) is 20.4. The highest BCUT2D eigenvalue weighted by Crippen LogP contribution is 2.46. The van der Waals surface area contributed by atoms with E-state index in [2.05, 4.69) is 0 Å². The van der Waals surface area contributed by atoms with Crippen LogP contribution in [0.2, 0.25) is 0 Å². The molecule has 0 amide bonds. The number of carbonyl (C=O) groups excluding carboxylic acids is 8. The van der Waals surface area contributed by atoms with Gasteiger partial charge in [0.05, 0.1) is 36.4 Å². The van der Waals surface area contributed by atoms with Gasteiger partial charge in [0.2, 0.25) is 12.4 Å². The number of hydrogen-bond donors (Lipinski definition) is 1. The fourth-order valence-electron chi connectivity index (χ4n) is 9.34. The van der Waals surface area contributed by atoms with Crippen LogP contribution >= 0.6 is 0 Å². The quantitative estimate of drug-likeness (QED) is 0.143. The number of esters is 8. The van der Waals surface area contributed by atoms with E-state index in [0.717, 1.165) is 48.5 Å². The summed E-state index contributed by atoms with van der Waals surface area (Å²) < 4.78 is 78.2. The van der Waals surface area contributed by atoms with Crippen molar-refractivity contribution in [3.05, 3.63) is 0 Å². The van der Waals surface area contributed by atoms with Gasteiger partial charge in [-0.25, -0.2) is 0 Å². The smallest absolute Gasteiger partial charge is 0.314 e. The lowest BCUT2D eigenvalue weighted by Gasteiger charge is -2.52. The fourth-order valence-corrected chi connectivity index (χ4v) is 9.34. The fraction of sp³-hybridized carbons (Fsp3) is 0.833. The van der Waals surface area contributed by atoms with Gasteiger partial charge in [-0.1, -0.05) is 34.1 Å². The Balaban J connectivity index is 2.08.